The molecule has 0 aromatic heterocycles. The van der Waals surface area contributed by atoms with Gasteiger partial charge in [-0.15, -0.1) is 0 Å². The van der Waals surface area contributed by atoms with Crippen molar-refractivity contribution >= 4 is 10.8 Å². The molecule has 2 aromatic carbocycles. The van der Waals surface area contributed by atoms with E-state index in [4.69, 9.17) is 10.5 Å². The Hall–Kier alpha value is -2.58. The molecular weight excluding hydrogens is 232 g/mol. The van der Waals surface area contributed by atoms with Crippen molar-refractivity contribution in [1.82, 2.24) is 0 Å². The zero-order chi connectivity index (χ0) is 13.7. The number of benzene rings is 2. The maximum Gasteiger partial charge on any atom is 0.128 e. The van der Waals surface area contributed by atoms with Crippen molar-refractivity contribution in [2.24, 2.45) is 0 Å². The first-order chi connectivity index (χ1) is 9.26. The fourth-order valence-corrected chi connectivity index (χ4v) is 2.17. The topological polar surface area (TPSA) is 47.6 Å². The summed E-state index contributed by atoms with van der Waals surface area (Å²) in [6, 6.07) is 18.4. The second kappa shape index (κ2) is 5.85. The number of fused-ring (bicyclic) bond motifs is 1. The normalized spacial score (nSPS) is 9.63. The van der Waals surface area contributed by atoms with Crippen molar-refractivity contribution in [3.05, 3.63) is 59.2 Å². The molecular formula is C17H14N2. The van der Waals surface area contributed by atoms with Crippen LogP contribution in [-0.2, 0) is 6.42 Å². The summed E-state index contributed by atoms with van der Waals surface area (Å²) in [7, 11) is 0. The first kappa shape index (κ1) is 12.9. The van der Waals surface area contributed by atoms with Crippen LogP contribution in [-0.4, -0.2) is 0 Å². The molecule has 92 valence electrons. The van der Waals surface area contributed by atoms with Gasteiger partial charge in [0.25, 0.3) is 0 Å². The van der Waals surface area contributed by atoms with E-state index in [1.54, 1.807) is 0 Å². The van der Waals surface area contributed by atoms with Crippen LogP contribution in [0.4, 0.5) is 0 Å². The summed E-state index contributed by atoms with van der Waals surface area (Å²) in [5, 5.41) is 20.1. The molecule has 0 saturated carbocycles. The standard InChI is InChI=1S/C17H14N2/c1-13(16(11-18)12-19)9-10-15-7-4-6-14-5-2-3-8-17(14)15/h2-8H,9-10H2,1H3. The van der Waals surface area contributed by atoms with Crippen LogP contribution < -0.4 is 0 Å². The Morgan fingerprint density at radius 3 is 2.42 bits per heavy atom. The van der Waals surface area contributed by atoms with Crippen molar-refractivity contribution in [2.75, 3.05) is 0 Å². The Balaban J connectivity index is 2.27. The fraction of sp³-hybridized carbons (Fsp3) is 0.176. The highest BCUT2D eigenvalue weighted by Gasteiger charge is 2.04. The van der Waals surface area contributed by atoms with Crippen LogP contribution >= 0.6 is 0 Å². The molecule has 0 atom stereocenters. The van der Waals surface area contributed by atoms with Crippen LogP contribution in [0.15, 0.2) is 53.6 Å². The van der Waals surface area contributed by atoms with Gasteiger partial charge in [0.05, 0.1) is 0 Å². The minimum Gasteiger partial charge on any atom is -0.192 e. The van der Waals surface area contributed by atoms with Crippen LogP contribution in [0.1, 0.15) is 18.9 Å². The molecule has 0 spiro atoms. The van der Waals surface area contributed by atoms with E-state index in [9.17, 15) is 0 Å². The molecule has 2 rings (SSSR count). The highest BCUT2D eigenvalue weighted by molar-refractivity contribution is 5.85. The van der Waals surface area contributed by atoms with Crippen molar-refractivity contribution in [3.63, 3.8) is 0 Å². The molecule has 0 amide bonds. The lowest BCUT2D eigenvalue weighted by atomic mass is 9.97. The van der Waals surface area contributed by atoms with Gasteiger partial charge < -0.3 is 0 Å². The van der Waals surface area contributed by atoms with Crippen LogP contribution in [0.2, 0.25) is 0 Å². The Labute approximate surface area is 113 Å². The summed E-state index contributed by atoms with van der Waals surface area (Å²) in [6.07, 6.45) is 1.59. The molecule has 0 heterocycles. The number of aryl methyl sites for hydroxylation is 1. The highest BCUT2D eigenvalue weighted by Crippen LogP contribution is 2.21. The molecule has 19 heavy (non-hydrogen) atoms. The maximum atomic E-state index is 8.84. The number of nitrogens with zero attached hydrogens (tertiary/aromatic N) is 2. The molecule has 0 saturated heterocycles. The van der Waals surface area contributed by atoms with E-state index in [1.807, 2.05) is 37.3 Å². The second-order valence-electron chi connectivity index (χ2n) is 4.52. The smallest absolute Gasteiger partial charge is 0.128 e. The van der Waals surface area contributed by atoms with Crippen LogP contribution in [0, 0.1) is 22.7 Å². The number of allylic oxidation sites excluding steroid dienone is 2. The third kappa shape index (κ3) is 2.81. The molecule has 2 nitrogen and oxygen atoms in total. The number of hydrogen-bond donors (Lipinski definition) is 0. The van der Waals surface area contributed by atoms with E-state index in [0.29, 0.717) is 0 Å². The lowest BCUT2D eigenvalue weighted by Gasteiger charge is -2.06. The van der Waals surface area contributed by atoms with Crippen LogP contribution in [0.25, 0.3) is 10.8 Å². The molecule has 2 heteroatoms. The summed E-state index contributed by atoms with van der Waals surface area (Å²) in [4.78, 5) is 0. The van der Waals surface area contributed by atoms with Crippen molar-refractivity contribution < 1.29 is 0 Å². The molecule has 0 unspecified atom stereocenters. The largest absolute Gasteiger partial charge is 0.192 e. The van der Waals surface area contributed by atoms with E-state index in [0.717, 1.165) is 18.4 Å². The molecule has 0 N–H and O–H groups in total. The predicted molar refractivity (Wildman–Crippen MR) is 76.2 cm³/mol. The lowest BCUT2D eigenvalue weighted by molar-refractivity contribution is 0.943. The number of nitriles is 2. The third-order valence-corrected chi connectivity index (χ3v) is 3.30. The first-order valence-corrected chi connectivity index (χ1v) is 6.23. The van der Waals surface area contributed by atoms with Crippen LogP contribution in [0.5, 0.6) is 0 Å². The van der Waals surface area contributed by atoms with Gasteiger partial charge in [-0.1, -0.05) is 42.5 Å². The SMILES string of the molecule is CC(CCc1cccc2ccccc12)=C(C#N)C#N. The Bertz CT molecular complexity index is 691. The van der Waals surface area contributed by atoms with Gasteiger partial charge in [-0.25, -0.2) is 0 Å². The third-order valence-electron chi connectivity index (χ3n) is 3.30. The quantitative estimate of drug-likeness (QED) is 0.764. The van der Waals surface area contributed by atoms with E-state index >= 15 is 0 Å². The van der Waals surface area contributed by atoms with E-state index in [2.05, 4.69) is 24.3 Å². The highest BCUT2D eigenvalue weighted by atomic mass is 14.3. The zero-order valence-corrected chi connectivity index (χ0v) is 10.9. The van der Waals surface area contributed by atoms with Crippen molar-refractivity contribution in [3.8, 4) is 12.1 Å². The van der Waals surface area contributed by atoms with Gasteiger partial charge in [0.2, 0.25) is 0 Å². The molecule has 0 bridgehead atoms. The van der Waals surface area contributed by atoms with Gasteiger partial charge in [-0.05, 0) is 41.7 Å². The van der Waals surface area contributed by atoms with E-state index in [1.165, 1.54) is 16.3 Å². The van der Waals surface area contributed by atoms with E-state index < -0.39 is 0 Å². The molecule has 0 aliphatic rings. The van der Waals surface area contributed by atoms with Crippen molar-refractivity contribution in [1.29, 1.82) is 10.5 Å². The summed E-state index contributed by atoms with van der Waals surface area (Å²) in [5.41, 5.74) is 2.35. The first-order valence-electron chi connectivity index (χ1n) is 6.23. The summed E-state index contributed by atoms with van der Waals surface area (Å²) < 4.78 is 0. The van der Waals surface area contributed by atoms with Crippen LogP contribution in [0.3, 0.4) is 0 Å². The van der Waals surface area contributed by atoms with Gasteiger partial charge >= 0.3 is 0 Å². The molecule has 0 aliphatic heterocycles. The number of hydrogen-bond acceptors (Lipinski definition) is 2. The fourth-order valence-electron chi connectivity index (χ4n) is 2.17. The number of rotatable bonds is 3. The average molecular weight is 246 g/mol. The molecule has 0 fully saturated rings. The molecule has 2 aromatic rings. The van der Waals surface area contributed by atoms with E-state index in [-0.39, 0.29) is 5.57 Å². The summed E-state index contributed by atoms with van der Waals surface area (Å²) >= 11 is 0. The van der Waals surface area contributed by atoms with Gasteiger partial charge in [0.1, 0.15) is 17.7 Å². The summed E-state index contributed by atoms with van der Waals surface area (Å²) in [6.45, 7) is 1.85. The summed E-state index contributed by atoms with van der Waals surface area (Å²) in [5.74, 6) is 0. The lowest BCUT2D eigenvalue weighted by Crippen LogP contribution is -1.91. The Morgan fingerprint density at radius 1 is 1.00 bits per heavy atom. The zero-order valence-electron chi connectivity index (χ0n) is 10.9. The second-order valence-corrected chi connectivity index (χ2v) is 4.52. The minimum atomic E-state index is 0.236. The molecule has 0 aliphatic carbocycles. The predicted octanol–water partition coefficient (Wildman–Crippen LogP) is 4.14. The van der Waals surface area contributed by atoms with Gasteiger partial charge in [-0.3, -0.25) is 0 Å². The molecule has 0 radical (unpaired) electrons. The van der Waals surface area contributed by atoms with Gasteiger partial charge in [0.15, 0.2) is 0 Å². The Kier molecular flexibility index (Phi) is 3.96. The monoisotopic (exact) mass is 246 g/mol. The minimum absolute atomic E-state index is 0.236. The average Bonchev–Trinajstić information content (AvgIpc) is 2.46. The maximum absolute atomic E-state index is 8.84. The van der Waals surface area contributed by atoms with Crippen molar-refractivity contribution in [2.45, 2.75) is 19.8 Å². The Morgan fingerprint density at radius 2 is 1.68 bits per heavy atom. The van der Waals surface area contributed by atoms with Gasteiger partial charge in [0, 0.05) is 0 Å². The van der Waals surface area contributed by atoms with Gasteiger partial charge in [-0.2, -0.15) is 10.5 Å².